The first kappa shape index (κ1) is 27.6. The van der Waals surface area contributed by atoms with Crippen LogP contribution in [-0.2, 0) is 9.53 Å². The molecule has 0 saturated carbocycles. The van der Waals surface area contributed by atoms with Crippen molar-refractivity contribution in [3.63, 3.8) is 0 Å². The molecule has 0 unspecified atom stereocenters. The van der Waals surface area contributed by atoms with Gasteiger partial charge in [-0.05, 0) is 114 Å². The highest BCUT2D eigenvalue weighted by Crippen LogP contribution is 2.32. The fraction of sp³-hybridized carbons (Fsp3) is 0.400. The molecule has 0 N–H and O–H groups in total. The van der Waals surface area contributed by atoms with Gasteiger partial charge in [-0.1, -0.05) is 13.0 Å². The number of thioether (sulfide) groups is 1. The van der Waals surface area contributed by atoms with Gasteiger partial charge in [0, 0.05) is 15.8 Å². The van der Waals surface area contributed by atoms with Crippen molar-refractivity contribution < 1.29 is 23.5 Å². The normalized spacial score (nSPS) is 12.4. The molecule has 0 amide bonds. The third-order valence-electron chi connectivity index (χ3n) is 5.60. The van der Waals surface area contributed by atoms with Crippen LogP contribution in [0.4, 0.5) is 0 Å². The summed E-state index contributed by atoms with van der Waals surface area (Å²) in [5, 5.41) is 0.952. The third-order valence-corrected chi connectivity index (χ3v) is 6.48. The van der Waals surface area contributed by atoms with Gasteiger partial charge in [0.2, 0.25) is 5.78 Å². The van der Waals surface area contributed by atoms with E-state index >= 15 is 0 Å². The molecule has 1 aromatic heterocycles. The fourth-order valence-corrected chi connectivity index (χ4v) is 4.57. The highest BCUT2D eigenvalue weighted by Gasteiger charge is 2.35. The van der Waals surface area contributed by atoms with Crippen molar-refractivity contribution in [1.82, 2.24) is 0 Å². The maximum Gasteiger partial charge on any atom is 0.350 e. The maximum atomic E-state index is 13.0. The van der Waals surface area contributed by atoms with E-state index in [1.165, 1.54) is 6.08 Å². The van der Waals surface area contributed by atoms with Crippen LogP contribution in [-0.4, -0.2) is 28.7 Å². The van der Waals surface area contributed by atoms with Gasteiger partial charge in [-0.3, -0.25) is 4.79 Å². The van der Waals surface area contributed by atoms with Crippen LogP contribution >= 0.6 is 11.8 Å². The second-order valence-electron chi connectivity index (χ2n) is 10.4. The number of carbonyl (C=O) groups excluding carboxylic acids is 2. The maximum absolute atomic E-state index is 13.0. The molecule has 0 aliphatic carbocycles. The number of esters is 1. The minimum atomic E-state index is -1.15. The van der Waals surface area contributed by atoms with E-state index in [0.29, 0.717) is 11.5 Å². The molecule has 192 valence electrons. The van der Waals surface area contributed by atoms with Crippen LogP contribution in [0.1, 0.15) is 74.4 Å². The van der Waals surface area contributed by atoms with E-state index < -0.39 is 17.2 Å². The molecule has 5 nitrogen and oxygen atoms in total. The summed E-state index contributed by atoms with van der Waals surface area (Å²) in [6, 6.07) is 9.91. The van der Waals surface area contributed by atoms with Gasteiger partial charge in [0.15, 0.2) is 11.4 Å². The largest absolute Gasteiger partial charge is 0.476 e. The third kappa shape index (κ3) is 6.41. The smallest absolute Gasteiger partial charge is 0.350 e. The second kappa shape index (κ2) is 10.6. The number of furan rings is 1. The zero-order chi connectivity index (χ0) is 26.8. The molecule has 3 aromatic rings. The molecule has 0 atom stereocenters. The van der Waals surface area contributed by atoms with Crippen molar-refractivity contribution in [3.8, 4) is 5.75 Å². The van der Waals surface area contributed by atoms with Gasteiger partial charge >= 0.3 is 5.97 Å². The summed E-state index contributed by atoms with van der Waals surface area (Å²) in [5.74, 6) is 1.34. The fourth-order valence-electron chi connectivity index (χ4n) is 3.88. The van der Waals surface area contributed by atoms with Crippen molar-refractivity contribution in [2.24, 2.45) is 0 Å². The summed E-state index contributed by atoms with van der Waals surface area (Å²) < 4.78 is 17.6. The Kier molecular flexibility index (Phi) is 8.09. The Morgan fingerprint density at radius 2 is 1.64 bits per heavy atom. The molecule has 2 aromatic carbocycles. The topological polar surface area (TPSA) is 65.7 Å². The van der Waals surface area contributed by atoms with Gasteiger partial charge in [-0.15, -0.1) is 11.8 Å². The molecule has 0 radical (unpaired) electrons. The Labute approximate surface area is 218 Å². The predicted octanol–water partition coefficient (Wildman–Crippen LogP) is 7.87. The van der Waals surface area contributed by atoms with Gasteiger partial charge in [-0.25, -0.2) is 4.79 Å². The number of ether oxygens (including phenoxy) is 2. The molecule has 0 aliphatic heterocycles. The first-order chi connectivity index (χ1) is 16.7. The van der Waals surface area contributed by atoms with Gasteiger partial charge in [0.05, 0.1) is 0 Å². The summed E-state index contributed by atoms with van der Waals surface area (Å²) in [4.78, 5) is 26.7. The van der Waals surface area contributed by atoms with Crippen molar-refractivity contribution in [2.75, 3.05) is 5.75 Å². The molecule has 0 fully saturated rings. The predicted molar refractivity (Wildman–Crippen MR) is 147 cm³/mol. The van der Waals surface area contributed by atoms with Crippen LogP contribution < -0.4 is 4.74 Å². The Hall–Kier alpha value is -2.99. The minimum absolute atomic E-state index is 0.185. The van der Waals surface area contributed by atoms with Crippen LogP contribution in [0.3, 0.4) is 0 Å². The molecule has 6 heteroatoms. The average Bonchev–Trinajstić information content (AvgIpc) is 3.09. The van der Waals surface area contributed by atoms with Crippen LogP contribution in [0.5, 0.6) is 5.75 Å². The SMILES string of the molecule is CCSc1ccc2c(C)c(C(=O)/C=C/c3cc(C)c(OC(C)(C)C(=O)OC(C)(C)C)c(C)c3)oc2c1. The summed E-state index contributed by atoms with van der Waals surface area (Å²) in [5.41, 5.74) is 2.40. The molecule has 36 heavy (non-hydrogen) atoms. The van der Waals surface area contributed by atoms with E-state index in [4.69, 9.17) is 13.9 Å². The minimum Gasteiger partial charge on any atom is -0.476 e. The summed E-state index contributed by atoms with van der Waals surface area (Å²) in [6.07, 6.45) is 3.31. The molecule has 0 spiro atoms. The quantitative estimate of drug-likeness (QED) is 0.133. The molecular weight excluding hydrogens is 472 g/mol. The van der Waals surface area contributed by atoms with Crippen LogP contribution in [0.15, 0.2) is 45.7 Å². The lowest BCUT2D eigenvalue weighted by Gasteiger charge is -2.30. The van der Waals surface area contributed by atoms with Crippen molar-refractivity contribution in [1.29, 1.82) is 0 Å². The van der Waals surface area contributed by atoms with E-state index in [1.807, 2.05) is 65.8 Å². The van der Waals surface area contributed by atoms with Crippen LogP contribution in [0.25, 0.3) is 17.0 Å². The molecule has 0 bridgehead atoms. The van der Waals surface area contributed by atoms with Gasteiger partial charge in [-0.2, -0.15) is 0 Å². The summed E-state index contributed by atoms with van der Waals surface area (Å²) >= 11 is 1.74. The lowest BCUT2D eigenvalue weighted by atomic mass is 10.0. The lowest BCUT2D eigenvalue weighted by Crippen LogP contribution is -2.43. The van der Waals surface area contributed by atoms with E-state index in [2.05, 4.69) is 13.0 Å². The molecule has 3 rings (SSSR count). The summed E-state index contributed by atoms with van der Waals surface area (Å²) in [6.45, 7) is 16.7. The lowest BCUT2D eigenvalue weighted by molar-refractivity contribution is -0.171. The standard InChI is InChI=1S/C30H36O5S/c1-10-36-22-12-13-23-20(4)27(33-25(23)17-22)24(31)14-11-21-15-18(2)26(19(3)16-21)34-30(8,9)28(32)35-29(5,6)7/h11-17H,10H2,1-9H3/b14-11+. The highest BCUT2D eigenvalue weighted by atomic mass is 32.2. The molecule has 0 aliphatic rings. The van der Waals surface area contributed by atoms with Crippen molar-refractivity contribution >= 4 is 40.6 Å². The Balaban J connectivity index is 1.81. The molecule has 0 saturated heterocycles. The number of allylic oxidation sites excluding steroid dienone is 1. The first-order valence-electron chi connectivity index (χ1n) is 12.1. The Morgan fingerprint density at radius 3 is 2.22 bits per heavy atom. The highest BCUT2D eigenvalue weighted by molar-refractivity contribution is 7.99. The summed E-state index contributed by atoms with van der Waals surface area (Å²) in [7, 11) is 0. The number of aryl methyl sites for hydroxylation is 3. The number of hydrogen-bond acceptors (Lipinski definition) is 6. The Morgan fingerprint density at radius 1 is 1.00 bits per heavy atom. The van der Waals surface area contributed by atoms with Gasteiger partial charge in [0.25, 0.3) is 0 Å². The van der Waals surface area contributed by atoms with Crippen LogP contribution in [0, 0.1) is 20.8 Å². The van der Waals surface area contributed by atoms with E-state index in [9.17, 15) is 9.59 Å². The number of benzene rings is 2. The zero-order valence-corrected chi connectivity index (χ0v) is 23.5. The zero-order valence-electron chi connectivity index (χ0n) is 22.7. The monoisotopic (exact) mass is 508 g/mol. The van der Waals surface area contributed by atoms with Gasteiger partial charge in [0.1, 0.15) is 16.9 Å². The first-order valence-corrected chi connectivity index (χ1v) is 13.1. The number of hydrogen-bond donors (Lipinski definition) is 0. The molecule has 1 heterocycles. The van der Waals surface area contributed by atoms with E-state index in [0.717, 1.165) is 43.9 Å². The van der Waals surface area contributed by atoms with Crippen LogP contribution in [0.2, 0.25) is 0 Å². The van der Waals surface area contributed by atoms with Gasteiger partial charge < -0.3 is 13.9 Å². The van der Waals surface area contributed by atoms with E-state index in [1.54, 1.807) is 31.7 Å². The number of fused-ring (bicyclic) bond motifs is 1. The molecular formula is C30H36O5S. The average molecular weight is 509 g/mol. The van der Waals surface area contributed by atoms with Crippen molar-refractivity contribution in [2.45, 2.75) is 78.4 Å². The second-order valence-corrected chi connectivity index (χ2v) is 11.8. The van der Waals surface area contributed by atoms with Crippen molar-refractivity contribution in [3.05, 3.63) is 64.4 Å². The number of ketones is 1. The number of carbonyl (C=O) groups is 2. The van der Waals surface area contributed by atoms with E-state index in [-0.39, 0.29) is 5.78 Å². The number of rotatable bonds is 8. The Bertz CT molecular complexity index is 1300.